The molecule has 1 aromatic heterocycles. The van der Waals surface area contributed by atoms with E-state index in [-0.39, 0.29) is 41.4 Å². The number of aryl methyl sites for hydroxylation is 3. The molecule has 3 aromatic rings. The summed E-state index contributed by atoms with van der Waals surface area (Å²) in [5.41, 5.74) is 0.136. The third-order valence-corrected chi connectivity index (χ3v) is 9.29. The normalized spacial score (nSPS) is 15.8. The topological polar surface area (TPSA) is 91.6 Å². The van der Waals surface area contributed by atoms with Crippen LogP contribution < -0.4 is 10.9 Å². The molecule has 49 heavy (non-hydrogen) atoms. The van der Waals surface area contributed by atoms with Crippen molar-refractivity contribution in [2.45, 2.75) is 85.0 Å². The van der Waals surface area contributed by atoms with Crippen LogP contribution in [-0.2, 0) is 22.2 Å². The molecule has 1 amide bonds. The molecule has 266 valence electrons. The Balaban J connectivity index is 1.78. The van der Waals surface area contributed by atoms with E-state index in [0.29, 0.717) is 41.2 Å². The average Bonchev–Trinajstić information content (AvgIpc) is 2.97. The Hall–Kier alpha value is -4.06. The van der Waals surface area contributed by atoms with Crippen molar-refractivity contribution in [3.8, 4) is 11.1 Å². The van der Waals surface area contributed by atoms with E-state index in [4.69, 9.17) is 0 Å². The average molecular weight is 690 g/mol. The molecule has 2 N–H and O–H groups in total. The van der Waals surface area contributed by atoms with Crippen molar-refractivity contribution < 1.29 is 36.6 Å². The highest BCUT2D eigenvalue weighted by Crippen LogP contribution is 2.36. The molecule has 2 atom stereocenters. The van der Waals surface area contributed by atoms with E-state index in [9.17, 15) is 37.1 Å². The van der Waals surface area contributed by atoms with Crippen molar-refractivity contribution in [1.82, 2.24) is 14.8 Å². The molecule has 12 heteroatoms. The molecule has 1 aliphatic rings. The molecule has 2 aromatic carbocycles. The van der Waals surface area contributed by atoms with Gasteiger partial charge in [0.25, 0.3) is 5.56 Å². The fourth-order valence-corrected chi connectivity index (χ4v) is 6.87. The van der Waals surface area contributed by atoms with Crippen molar-refractivity contribution in [2.24, 2.45) is 11.8 Å². The number of amides is 1. The first-order valence-corrected chi connectivity index (χ1v) is 16.5. The number of halogens is 5. The summed E-state index contributed by atoms with van der Waals surface area (Å²) in [5.74, 6) is -3.62. The number of hydrogen-bond acceptors (Lipinski definition) is 4. The highest BCUT2D eigenvalue weighted by Gasteiger charge is 2.37. The lowest BCUT2D eigenvalue weighted by atomic mass is 9.89. The van der Waals surface area contributed by atoms with Gasteiger partial charge in [-0.15, -0.1) is 0 Å². The van der Waals surface area contributed by atoms with Gasteiger partial charge in [-0.05, 0) is 136 Å². The summed E-state index contributed by atoms with van der Waals surface area (Å²) >= 11 is 0. The lowest BCUT2D eigenvalue weighted by molar-refractivity contribution is -0.139. The lowest BCUT2D eigenvalue weighted by Crippen LogP contribution is -2.41. The van der Waals surface area contributed by atoms with Gasteiger partial charge < -0.3 is 19.9 Å². The summed E-state index contributed by atoms with van der Waals surface area (Å²) in [7, 11) is 1.94. The van der Waals surface area contributed by atoms with Crippen molar-refractivity contribution in [2.75, 3.05) is 20.1 Å². The molecule has 0 spiro atoms. The van der Waals surface area contributed by atoms with E-state index < -0.39 is 59.3 Å². The minimum atomic E-state index is -4.79. The monoisotopic (exact) mass is 689 g/mol. The molecular weight excluding hydrogens is 645 g/mol. The molecule has 0 unspecified atom stereocenters. The predicted molar refractivity (Wildman–Crippen MR) is 177 cm³/mol. The number of carbonyl (C=O) groups excluding carboxylic acids is 1. The van der Waals surface area contributed by atoms with Gasteiger partial charge in [-0.2, -0.15) is 13.2 Å². The smallest absolute Gasteiger partial charge is 0.416 e. The van der Waals surface area contributed by atoms with Crippen LogP contribution in [0.4, 0.5) is 22.0 Å². The van der Waals surface area contributed by atoms with Crippen molar-refractivity contribution >= 4 is 11.9 Å². The standard InChI is InChI=1S/C37H44F5N3O4/c1-20(2)11-31(45-19-26(15-24-7-9-44(6)10-8-24)29(17-32(45)46)37(40,41)42)36(49)43-30(18-33(47)48)28-16-25(12-23(5)35(28)39)34-21(3)13-27(38)14-22(34)4/h12-14,16-17,19-20,24,30-31H,7-11,15,18H2,1-6H3,(H,43,49)(H,47,48)/t30-,31+/m0/s1. The van der Waals surface area contributed by atoms with Gasteiger partial charge in [-0.3, -0.25) is 14.4 Å². The molecule has 1 aliphatic heterocycles. The maximum atomic E-state index is 15.8. The fraction of sp³-hybridized carbons (Fsp3) is 0.486. The third kappa shape index (κ3) is 9.14. The van der Waals surface area contributed by atoms with Crippen molar-refractivity contribution in [3.05, 3.63) is 91.9 Å². The maximum absolute atomic E-state index is 15.8. The van der Waals surface area contributed by atoms with Crippen LogP contribution >= 0.6 is 0 Å². The molecule has 7 nitrogen and oxygen atoms in total. The van der Waals surface area contributed by atoms with Gasteiger partial charge in [0.15, 0.2) is 0 Å². The molecule has 0 radical (unpaired) electrons. The van der Waals surface area contributed by atoms with E-state index in [1.165, 1.54) is 25.1 Å². The SMILES string of the molecule is Cc1cc(-c2c(C)cc(F)cc2C)cc([C@H](CC(=O)O)NC(=O)[C@@H](CC(C)C)n2cc(CC3CCN(C)CC3)c(C(F)(F)F)cc2=O)c1F. The zero-order valence-corrected chi connectivity index (χ0v) is 28.7. The van der Waals surface area contributed by atoms with Gasteiger partial charge in [-0.25, -0.2) is 8.78 Å². The number of aromatic nitrogens is 1. The number of nitrogens with one attached hydrogen (secondary N) is 1. The number of rotatable bonds is 11. The first kappa shape index (κ1) is 37.8. The van der Waals surface area contributed by atoms with E-state index in [2.05, 4.69) is 10.2 Å². The number of alkyl halides is 3. The Bertz CT molecular complexity index is 1740. The van der Waals surface area contributed by atoms with Gasteiger partial charge in [0.2, 0.25) is 5.91 Å². The second-order valence-corrected chi connectivity index (χ2v) is 13.8. The lowest BCUT2D eigenvalue weighted by Gasteiger charge is -2.30. The van der Waals surface area contributed by atoms with Gasteiger partial charge in [0, 0.05) is 17.8 Å². The van der Waals surface area contributed by atoms with Crippen molar-refractivity contribution in [1.29, 1.82) is 0 Å². The van der Waals surface area contributed by atoms with Gasteiger partial charge >= 0.3 is 12.1 Å². The second kappa shape index (κ2) is 15.2. The third-order valence-electron chi connectivity index (χ3n) is 9.29. The summed E-state index contributed by atoms with van der Waals surface area (Å²) in [6, 6.07) is 3.46. The van der Waals surface area contributed by atoms with E-state index >= 15 is 4.39 Å². The number of carbonyl (C=O) groups is 2. The summed E-state index contributed by atoms with van der Waals surface area (Å²) < 4.78 is 73.4. The van der Waals surface area contributed by atoms with E-state index in [1.807, 2.05) is 7.05 Å². The van der Waals surface area contributed by atoms with Crippen LogP contribution in [0.1, 0.15) is 85.0 Å². The van der Waals surface area contributed by atoms with Gasteiger partial charge in [-0.1, -0.05) is 13.8 Å². The number of carboxylic acids is 1. The zero-order chi connectivity index (χ0) is 36.4. The summed E-state index contributed by atoms with van der Waals surface area (Å²) in [5, 5.41) is 12.4. The number of carboxylic acid groups (broad SMARTS) is 1. The first-order chi connectivity index (χ1) is 22.8. The second-order valence-electron chi connectivity index (χ2n) is 13.8. The number of piperidine rings is 1. The fourth-order valence-electron chi connectivity index (χ4n) is 6.87. The predicted octanol–water partition coefficient (Wildman–Crippen LogP) is 7.54. The quantitative estimate of drug-likeness (QED) is 0.203. The van der Waals surface area contributed by atoms with Crippen LogP contribution in [0.3, 0.4) is 0 Å². The number of pyridine rings is 1. The number of nitrogens with zero attached hydrogens (tertiary/aromatic N) is 2. The molecule has 0 bridgehead atoms. The summed E-state index contributed by atoms with van der Waals surface area (Å²) in [6.07, 6.45) is -2.91. The number of likely N-dealkylation sites (tertiary alicyclic amines) is 1. The van der Waals surface area contributed by atoms with Crippen LogP contribution in [0.15, 0.2) is 41.3 Å². The van der Waals surface area contributed by atoms with E-state index in [1.54, 1.807) is 33.8 Å². The maximum Gasteiger partial charge on any atom is 0.416 e. The molecular formula is C37H44F5N3O4. The Morgan fingerprint density at radius 2 is 1.59 bits per heavy atom. The van der Waals surface area contributed by atoms with Crippen molar-refractivity contribution in [3.63, 3.8) is 0 Å². The Kier molecular flexibility index (Phi) is 11.7. The highest BCUT2D eigenvalue weighted by atomic mass is 19.4. The first-order valence-electron chi connectivity index (χ1n) is 16.5. The molecule has 1 fully saturated rings. The minimum Gasteiger partial charge on any atom is -0.481 e. The Morgan fingerprint density at radius 1 is 0.980 bits per heavy atom. The Labute approximate surface area is 283 Å². The van der Waals surface area contributed by atoms with Crippen LogP contribution in [0.25, 0.3) is 11.1 Å². The number of benzene rings is 2. The summed E-state index contributed by atoms with van der Waals surface area (Å²) in [4.78, 5) is 41.5. The molecule has 0 aliphatic carbocycles. The Morgan fingerprint density at radius 3 is 2.14 bits per heavy atom. The van der Waals surface area contributed by atoms with Crippen LogP contribution in [-0.4, -0.2) is 46.6 Å². The molecule has 2 heterocycles. The van der Waals surface area contributed by atoms with Crippen LogP contribution in [0.2, 0.25) is 0 Å². The van der Waals surface area contributed by atoms with Crippen LogP contribution in [0, 0.1) is 44.2 Å². The van der Waals surface area contributed by atoms with Gasteiger partial charge in [0.05, 0.1) is 18.0 Å². The van der Waals surface area contributed by atoms with Gasteiger partial charge in [0.1, 0.15) is 17.7 Å². The highest BCUT2D eigenvalue weighted by molar-refractivity contribution is 5.82. The van der Waals surface area contributed by atoms with E-state index in [0.717, 1.165) is 23.9 Å². The molecule has 4 rings (SSSR count). The summed E-state index contributed by atoms with van der Waals surface area (Å²) in [6.45, 7) is 9.90. The zero-order valence-electron chi connectivity index (χ0n) is 28.7. The molecule has 1 saturated heterocycles. The largest absolute Gasteiger partial charge is 0.481 e. The number of aliphatic carboxylic acids is 1. The number of hydrogen-bond donors (Lipinski definition) is 2. The van der Waals surface area contributed by atoms with Crippen LogP contribution in [0.5, 0.6) is 0 Å². The minimum absolute atomic E-state index is 0.0417. The molecule has 0 saturated carbocycles.